The molecule has 2 N–H and O–H groups in total. The Morgan fingerprint density at radius 2 is 1.93 bits per heavy atom. The first-order valence-electron chi connectivity index (χ1n) is 9.21. The van der Waals surface area contributed by atoms with Crippen molar-refractivity contribution >= 4 is 53.3 Å². The largest absolute Gasteiger partial charge is 0.373 e. The summed E-state index contributed by atoms with van der Waals surface area (Å²) in [7, 11) is 0. The molecule has 1 aromatic rings. The zero-order chi connectivity index (χ0) is 18.6. The minimum Gasteiger partial charge on any atom is -0.373 e. The molecule has 0 aliphatic carbocycles. The van der Waals surface area contributed by atoms with E-state index in [9.17, 15) is 0 Å². The van der Waals surface area contributed by atoms with Crippen LogP contribution in [0.3, 0.4) is 0 Å². The molecule has 2 heterocycles. The first-order valence-corrected chi connectivity index (χ1v) is 10.7. The predicted octanol–water partition coefficient (Wildman–Crippen LogP) is 3.47. The lowest BCUT2D eigenvalue weighted by Gasteiger charge is -2.42. The van der Waals surface area contributed by atoms with E-state index >= 15 is 0 Å². The average Bonchev–Trinajstić information content (AvgIpc) is 2.63. The highest BCUT2D eigenvalue weighted by Crippen LogP contribution is 2.28. The van der Waals surface area contributed by atoms with Crippen molar-refractivity contribution in [3.05, 3.63) is 34.9 Å². The third-order valence-electron chi connectivity index (χ3n) is 4.91. The summed E-state index contributed by atoms with van der Waals surface area (Å²) < 4.78 is 5.89. The highest BCUT2D eigenvalue weighted by atomic mass is 127. The number of hydrogen-bond donors (Lipinski definition) is 1. The molecule has 2 aliphatic heterocycles. The van der Waals surface area contributed by atoms with E-state index in [2.05, 4.69) is 35.8 Å². The van der Waals surface area contributed by atoms with Gasteiger partial charge in [-0.25, -0.2) is 0 Å². The molecule has 0 amide bonds. The summed E-state index contributed by atoms with van der Waals surface area (Å²) in [6, 6.07) is 8.26. The molecule has 2 fully saturated rings. The van der Waals surface area contributed by atoms with E-state index in [4.69, 9.17) is 27.1 Å². The fraction of sp³-hybridized carbons (Fsp3) is 0.632. The van der Waals surface area contributed by atoms with Crippen LogP contribution in [-0.4, -0.2) is 72.2 Å². The summed E-state index contributed by atoms with van der Waals surface area (Å²) in [6.07, 6.45) is 0. The zero-order valence-corrected chi connectivity index (χ0v) is 20.0. The van der Waals surface area contributed by atoms with Crippen LogP contribution in [0.15, 0.2) is 29.3 Å². The second-order valence-electron chi connectivity index (χ2n) is 7.44. The highest BCUT2D eigenvalue weighted by molar-refractivity contribution is 14.0. The molecule has 1 aromatic carbocycles. The van der Waals surface area contributed by atoms with Crippen molar-refractivity contribution < 1.29 is 4.74 Å². The summed E-state index contributed by atoms with van der Waals surface area (Å²) in [5, 5.41) is 0.753. The number of nitrogens with zero attached hydrogens (tertiary/aromatic N) is 3. The van der Waals surface area contributed by atoms with Gasteiger partial charge in [0.15, 0.2) is 5.96 Å². The van der Waals surface area contributed by atoms with Gasteiger partial charge in [0.05, 0.1) is 24.8 Å². The Morgan fingerprint density at radius 1 is 1.26 bits per heavy atom. The van der Waals surface area contributed by atoms with Crippen molar-refractivity contribution in [1.82, 2.24) is 9.80 Å². The molecule has 1 atom stereocenters. The van der Waals surface area contributed by atoms with E-state index in [0.717, 1.165) is 49.3 Å². The maximum Gasteiger partial charge on any atom is 0.191 e. The molecule has 8 heteroatoms. The standard InChI is InChI=1S/C19H29ClN4OS.HI/c1-19(2)14-24(7-10-25-19)17(15-3-5-16(20)6-4-15)13-22-18(21)23-8-11-26-12-9-23;/h3-6,17H,7-14H2,1-2H3,(H2,21,22);1H. The molecule has 2 saturated heterocycles. The van der Waals surface area contributed by atoms with E-state index in [1.165, 1.54) is 5.56 Å². The third-order valence-corrected chi connectivity index (χ3v) is 6.11. The fourth-order valence-electron chi connectivity index (χ4n) is 3.51. The normalized spacial score (nSPS) is 22.2. The maximum atomic E-state index is 6.28. The number of halogens is 2. The van der Waals surface area contributed by atoms with Crippen LogP contribution in [0.1, 0.15) is 25.5 Å². The molecule has 5 nitrogen and oxygen atoms in total. The Morgan fingerprint density at radius 3 is 2.56 bits per heavy atom. The lowest BCUT2D eigenvalue weighted by Crippen LogP contribution is -2.50. The number of thioether (sulfide) groups is 1. The zero-order valence-electron chi connectivity index (χ0n) is 16.1. The first-order chi connectivity index (χ1) is 12.4. The Labute approximate surface area is 189 Å². The summed E-state index contributed by atoms with van der Waals surface area (Å²) in [6.45, 7) is 9.39. The summed E-state index contributed by atoms with van der Waals surface area (Å²) >= 11 is 8.06. The molecule has 0 radical (unpaired) electrons. The maximum absolute atomic E-state index is 6.28. The molecule has 0 bridgehead atoms. The van der Waals surface area contributed by atoms with Crippen LogP contribution in [0.5, 0.6) is 0 Å². The number of aliphatic imine (C=N–C) groups is 1. The number of benzene rings is 1. The van der Waals surface area contributed by atoms with Crippen molar-refractivity contribution in [2.24, 2.45) is 10.7 Å². The van der Waals surface area contributed by atoms with E-state index < -0.39 is 0 Å². The third kappa shape index (κ3) is 6.66. The fourth-order valence-corrected chi connectivity index (χ4v) is 4.54. The van der Waals surface area contributed by atoms with Gasteiger partial charge in [-0.1, -0.05) is 23.7 Å². The Bertz CT molecular complexity index is 623. The molecule has 0 aromatic heterocycles. The van der Waals surface area contributed by atoms with Crippen LogP contribution in [0, 0.1) is 0 Å². The van der Waals surface area contributed by atoms with E-state index in [1.807, 2.05) is 23.9 Å². The molecule has 0 spiro atoms. The minimum atomic E-state index is -0.151. The van der Waals surface area contributed by atoms with Gasteiger partial charge in [0.25, 0.3) is 0 Å². The Kier molecular flexibility index (Phi) is 8.99. The SMILES string of the molecule is CC1(C)CN(C(CN=C(N)N2CCSCC2)c2ccc(Cl)cc2)CCO1.I. The number of rotatable bonds is 4. The van der Waals surface area contributed by atoms with Gasteiger partial charge in [-0.15, -0.1) is 24.0 Å². The van der Waals surface area contributed by atoms with Crippen LogP contribution in [-0.2, 0) is 4.74 Å². The molecule has 3 rings (SSSR count). The van der Waals surface area contributed by atoms with Crippen LogP contribution in [0.4, 0.5) is 0 Å². The van der Waals surface area contributed by atoms with Crippen molar-refractivity contribution in [3.8, 4) is 0 Å². The van der Waals surface area contributed by atoms with Gasteiger partial charge in [0, 0.05) is 42.7 Å². The second kappa shape index (κ2) is 10.5. The topological polar surface area (TPSA) is 54.1 Å². The van der Waals surface area contributed by atoms with Gasteiger partial charge < -0.3 is 15.4 Å². The van der Waals surface area contributed by atoms with E-state index in [-0.39, 0.29) is 35.6 Å². The highest BCUT2D eigenvalue weighted by Gasteiger charge is 2.32. The molecule has 152 valence electrons. The van der Waals surface area contributed by atoms with E-state index in [0.29, 0.717) is 12.5 Å². The predicted molar refractivity (Wildman–Crippen MR) is 127 cm³/mol. The van der Waals surface area contributed by atoms with Gasteiger partial charge >= 0.3 is 0 Å². The van der Waals surface area contributed by atoms with Gasteiger partial charge in [0.2, 0.25) is 0 Å². The first kappa shape index (κ1) is 23.1. The molecule has 2 aliphatic rings. The van der Waals surface area contributed by atoms with Crippen LogP contribution in [0.2, 0.25) is 5.02 Å². The Hall–Kier alpha value is -0.220. The van der Waals surface area contributed by atoms with Gasteiger partial charge in [-0.3, -0.25) is 9.89 Å². The summed E-state index contributed by atoms with van der Waals surface area (Å²) in [5.74, 6) is 2.90. The molecule has 1 unspecified atom stereocenters. The van der Waals surface area contributed by atoms with Crippen LogP contribution >= 0.6 is 47.3 Å². The number of guanidine groups is 1. The minimum absolute atomic E-state index is 0. The van der Waals surface area contributed by atoms with Gasteiger partial charge in [0.1, 0.15) is 0 Å². The Balaban J connectivity index is 0.00000261. The quantitative estimate of drug-likeness (QED) is 0.371. The summed E-state index contributed by atoms with van der Waals surface area (Å²) in [5.41, 5.74) is 7.35. The molecular formula is C19H30ClIN4OS. The number of morpholine rings is 1. The summed E-state index contributed by atoms with van der Waals surface area (Å²) in [4.78, 5) is 9.41. The molecule has 27 heavy (non-hydrogen) atoms. The van der Waals surface area contributed by atoms with Gasteiger partial charge in [-0.2, -0.15) is 11.8 Å². The van der Waals surface area contributed by atoms with Crippen molar-refractivity contribution in [2.45, 2.75) is 25.5 Å². The lowest BCUT2D eigenvalue weighted by molar-refractivity contribution is -0.0967. The lowest BCUT2D eigenvalue weighted by atomic mass is 10.0. The van der Waals surface area contributed by atoms with Crippen molar-refractivity contribution in [1.29, 1.82) is 0 Å². The monoisotopic (exact) mass is 524 g/mol. The van der Waals surface area contributed by atoms with E-state index in [1.54, 1.807) is 0 Å². The number of ether oxygens (including phenoxy) is 1. The van der Waals surface area contributed by atoms with Crippen LogP contribution < -0.4 is 5.73 Å². The molecular weight excluding hydrogens is 495 g/mol. The van der Waals surface area contributed by atoms with Crippen molar-refractivity contribution in [2.75, 3.05) is 50.8 Å². The van der Waals surface area contributed by atoms with Crippen LogP contribution in [0.25, 0.3) is 0 Å². The average molecular weight is 525 g/mol. The van der Waals surface area contributed by atoms with Crippen molar-refractivity contribution in [3.63, 3.8) is 0 Å². The number of hydrogen-bond acceptors (Lipinski definition) is 4. The van der Waals surface area contributed by atoms with Gasteiger partial charge in [-0.05, 0) is 31.5 Å². The molecule has 0 saturated carbocycles. The number of nitrogens with two attached hydrogens (primary N) is 1. The smallest absolute Gasteiger partial charge is 0.191 e. The second-order valence-corrected chi connectivity index (χ2v) is 9.11.